The Labute approximate surface area is 147 Å². The van der Waals surface area contributed by atoms with E-state index in [1.165, 1.54) is 4.90 Å². The molecule has 6 heteroatoms. The first kappa shape index (κ1) is 18.3. The van der Waals surface area contributed by atoms with Crippen LogP contribution in [0.1, 0.15) is 12.5 Å². The van der Waals surface area contributed by atoms with Crippen molar-refractivity contribution in [3.05, 3.63) is 54.1 Å². The van der Waals surface area contributed by atoms with Gasteiger partial charge in [-0.3, -0.25) is 9.59 Å². The van der Waals surface area contributed by atoms with Gasteiger partial charge in [-0.05, 0) is 36.8 Å². The lowest BCUT2D eigenvalue weighted by atomic mass is 10.1. The lowest BCUT2D eigenvalue weighted by Crippen LogP contribution is -2.38. The van der Waals surface area contributed by atoms with Gasteiger partial charge < -0.3 is 20.7 Å². The van der Waals surface area contributed by atoms with E-state index in [1.54, 1.807) is 43.5 Å². The molecule has 0 aliphatic heterocycles. The minimum Gasteiger partial charge on any atom is -0.497 e. The minimum absolute atomic E-state index is 0.00150. The largest absolute Gasteiger partial charge is 0.497 e. The predicted molar refractivity (Wildman–Crippen MR) is 98.4 cm³/mol. The van der Waals surface area contributed by atoms with Gasteiger partial charge >= 0.3 is 0 Å². The molecule has 0 bridgehead atoms. The van der Waals surface area contributed by atoms with E-state index in [4.69, 9.17) is 10.5 Å². The Balaban J connectivity index is 1.94. The summed E-state index contributed by atoms with van der Waals surface area (Å²) in [4.78, 5) is 26.2. The van der Waals surface area contributed by atoms with E-state index < -0.39 is 0 Å². The maximum atomic E-state index is 12.4. The number of hydrogen-bond donors (Lipinski definition) is 2. The Bertz CT molecular complexity index is 729. The molecule has 0 aliphatic carbocycles. The molecular weight excluding hydrogens is 318 g/mol. The summed E-state index contributed by atoms with van der Waals surface area (Å²) in [7, 11) is 1.57. The average Bonchev–Trinajstić information content (AvgIpc) is 2.61. The van der Waals surface area contributed by atoms with Crippen molar-refractivity contribution < 1.29 is 14.3 Å². The zero-order valence-electron chi connectivity index (χ0n) is 14.5. The van der Waals surface area contributed by atoms with Crippen LogP contribution in [0.4, 0.5) is 11.4 Å². The first-order valence-electron chi connectivity index (χ1n) is 8.08. The molecule has 0 aromatic heterocycles. The summed E-state index contributed by atoms with van der Waals surface area (Å²) in [6.07, 6.45) is 0.237. The van der Waals surface area contributed by atoms with E-state index in [1.807, 2.05) is 19.1 Å². The molecule has 25 heavy (non-hydrogen) atoms. The highest BCUT2D eigenvalue weighted by atomic mass is 16.5. The van der Waals surface area contributed by atoms with E-state index in [9.17, 15) is 9.59 Å². The highest BCUT2D eigenvalue weighted by Gasteiger charge is 2.16. The van der Waals surface area contributed by atoms with Crippen LogP contribution < -0.4 is 15.8 Å². The minimum atomic E-state index is -0.249. The molecule has 0 fully saturated rings. The third kappa shape index (κ3) is 5.53. The van der Waals surface area contributed by atoms with Crippen molar-refractivity contribution in [3.8, 4) is 5.75 Å². The fourth-order valence-electron chi connectivity index (χ4n) is 2.37. The van der Waals surface area contributed by atoms with Crippen molar-refractivity contribution in [1.29, 1.82) is 0 Å². The van der Waals surface area contributed by atoms with Gasteiger partial charge in [0.2, 0.25) is 11.8 Å². The number of hydrogen-bond acceptors (Lipinski definition) is 4. The molecule has 2 amide bonds. The summed E-state index contributed by atoms with van der Waals surface area (Å²) in [5.74, 6) is 0.304. The number of nitrogens with zero attached hydrogens (tertiary/aromatic N) is 1. The van der Waals surface area contributed by atoms with E-state index in [0.29, 0.717) is 23.7 Å². The molecular formula is C19H23N3O3. The predicted octanol–water partition coefficient (Wildman–Crippen LogP) is 2.31. The molecule has 0 saturated carbocycles. The summed E-state index contributed by atoms with van der Waals surface area (Å²) in [6, 6.07) is 14.2. The van der Waals surface area contributed by atoms with Crippen molar-refractivity contribution in [2.75, 3.05) is 31.2 Å². The number of nitrogen functional groups attached to an aromatic ring is 1. The number of amides is 2. The van der Waals surface area contributed by atoms with Crippen molar-refractivity contribution in [3.63, 3.8) is 0 Å². The summed E-state index contributed by atoms with van der Waals surface area (Å²) in [5, 5.41) is 2.78. The van der Waals surface area contributed by atoms with Gasteiger partial charge in [0.15, 0.2) is 0 Å². The molecule has 2 aromatic rings. The standard InChI is InChI=1S/C19H23N3O3/c1-3-22(19(24)11-14-7-9-15(20)10-8-14)13-18(23)21-16-5-4-6-17(12-16)25-2/h4-10,12H,3,11,13,20H2,1-2H3,(H,21,23). The number of rotatable bonds is 7. The molecule has 0 atom stereocenters. The second-order valence-corrected chi connectivity index (χ2v) is 5.61. The van der Waals surface area contributed by atoms with Crippen LogP contribution in [0.25, 0.3) is 0 Å². The second-order valence-electron chi connectivity index (χ2n) is 5.61. The Morgan fingerprint density at radius 2 is 1.88 bits per heavy atom. The zero-order chi connectivity index (χ0) is 18.2. The van der Waals surface area contributed by atoms with Crippen LogP contribution in [0.2, 0.25) is 0 Å². The van der Waals surface area contributed by atoms with E-state index in [-0.39, 0.29) is 24.8 Å². The monoisotopic (exact) mass is 341 g/mol. The average molecular weight is 341 g/mol. The van der Waals surface area contributed by atoms with Crippen LogP contribution in [0.3, 0.4) is 0 Å². The quantitative estimate of drug-likeness (QED) is 0.757. The lowest BCUT2D eigenvalue weighted by Gasteiger charge is -2.20. The number of carbonyl (C=O) groups is 2. The molecule has 0 heterocycles. The summed E-state index contributed by atoms with van der Waals surface area (Å²) < 4.78 is 5.13. The highest BCUT2D eigenvalue weighted by Crippen LogP contribution is 2.16. The summed E-state index contributed by atoms with van der Waals surface area (Å²) in [6.45, 7) is 2.31. The number of methoxy groups -OCH3 is 1. The SMILES string of the molecule is CCN(CC(=O)Nc1cccc(OC)c1)C(=O)Cc1ccc(N)cc1. The summed E-state index contributed by atoms with van der Waals surface area (Å²) >= 11 is 0. The number of benzene rings is 2. The van der Waals surface area contributed by atoms with Crippen LogP contribution in [-0.2, 0) is 16.0 Å². The van der Waals surface area contributed by atoms with Crippen LogP contribution in [-0.4, -0.2) is 36.9 Å². The van der Waals surface area contributed by atoms with Gasteiger partial charge in [-0.1, -0.05) is 18.2 Å². The number of anilines is 2. The topological polar surface area (TPSA) is 84.7 Å². The number of ether oxygens (including phenoxy) is 1. The molecule has 2 rings (SSSR count). The van der Waals surface area contributed by atoms with E-state index in [0.717, 1.165) is 5.56 Å². The van der Waals surface area contributed by atoms with Gasteiger partial charge in [-0.25, -0.2) is 0 Å². The molecule has 0 spiro atoms. The number of nitrogens with one attached hydrogen (secondary N) is 1. The van der Waals surface area contributed by atoms with Gasteiger partial charge in [-0.15, -0.1) is 0 Å². The number of nitrogens with two attached hydrogens (primary N) is 1. The third-order valence-corrected chi connectivity index (χ3v) is 3.76. The maximum absolute atomic E-state index is 12.4. The molecule has 0 saturated heterocycles. The summed E-state index contributed by atoms with van der Waals surface area (Å²) in [5.41, 5.74) is 7.80. The molecule has 3 N–H and O–H groups in total. The lowest BCUT2D eigenvalue weighted by molar-refractivity contribution is -0.133. The van der Waals surface area contributed by atoms with Crippen molar-refractivity contribution in [2.45, 2.75) is 13.3 Å². The van der Waals surface area contributed by atoms with Gasteiger partial charge in [0.05, 0.1) is 20.1 Å². The first-order chi connectivity index (χ1) is 12.0. The number of carbonyl (C=O) groups excluding carboxylic acids is 2. The van der Waals surface area contributed by atoms with Gasteiger partial charge in [0, 0.05) is 24.0 Å². The van der Waals surface area contributed by atoms with E-state index >= 15 is 0 Å². The fourth-order valence-corrected chi connectivity index (χ4v) is 2.37. The van der Waals surface area contributed by atoms with Crippen LogP contribution in [0, 0.1) is 0 Å². The first-order valence-corrected chi connectivity index (χ1v) is 8.08. The van der Waals surface area contributed by atoms with E-state index in [2.05, 4.69) is 5.32 Å². The highest BCUT2D eigenvalue weighted by molar-refractivity contribution is 5.94. The van der Waals surface area contributed by atoms with Crippen molar-refractivity contribution in [2.24, 2.45) is 0 Å². The fraction of sp³-hybridized carbons (Fsp3) is 0.263. The smallest absolute Gasteiger partial charge is 0.243 e. The van der Waals surface area contributed by atoms with Crippen molar-refractivity contribution in [1.82, 2.24) is 4.90 Å². The van der Waals surface area contributed by atoms with Gasteiger partial charge in [0.1, 0.15) is 5.75 Å². The maximum Gasteiger partial charge on any atom is 0.243 e. The van der Waals surface area contributed by atoms with Gasteiger partial charge in [-0.2, -0.15) is 0 Å². The normalized spacial score (nSPS) is 10.2. The van der Waals surface area contributed by atoms with Crippen molar-refractivity contribution >= 4 is 23.2 Å². The Hall–Kier alpha value is -3.02. The Kier molecular flexibility index (Phi) is 6.39. The van der Waals surface area contributed by atoms with Crippen LogP contribution in [0.15, 0.2) is 48.5 Å². The van der Waals surface area contributed by atoms with Crippen LogP contribution in [0.5, 0.6) is 5.75 Å². The Morgan fingerprint density at radius 3 is 2.52 bits per heavy atom. The molecule has 0 radical (unpaired) electrons. The Morgan fingerprint density at radius 1 is 1.16 bits per heavy atom. The third-order valence-electron chi connectivity index (χ3n) is 3.76. The van der Waals surface area contributed by atoms with Crippen LogP contribution >= 0.6 is 0 Å². The molecule has 0 unspecified atom stereocenters. The molecule has 2 aromatic carbocycles. The second kappa shape index (κ2) is 8.73. The number of likely N-dealkylation sites (N-methyl/N-ethyl adjacent to an activating group) is 1. The zero-order valence-corrected chi connectivity index (χ0v) is 14.5. The molecule has 0 aliphatic rings. The molecule has 6 nitrogen and oxygen atoms in total. The molecule has 132 valence electrons. The van der Waals surface area contributed by atoms with Gasteiger partial charge in [0.25, 0.3) is 0 Å².